The van der Waals surface area contributed by atoms with Crippen molar-refractivity contribution in [2.45, 2.75) is 96.4 Å². The number of amides is 2. The van der Waals surface area contributed by atoms with Crippen LogP contribution in [0.1, 0.15) is 106 Å². The van der Waals surface area contributed by atoms with E-state index >= 15 is 0 Å². The van der Waals surface area contributed by atoms with Crippen LogP contribution in [0.15, 0.2) is 72.8 Å². The number of urea groups is 1. The summed E-state index contributed by atoms with van der Waals surface area (Å²) >= 11 is 6.40. The second kappa shape index (κ2) is 14.0. The van der Waals surface area contributed by atoms with E-state index in [1.165, 1.54) is 22.3 Å². The van der Waals surface area contributed by atoms with E-state index in [1.54, 1.807) is 0 Å². The van der Waals surface area contributed by atoms with Gasteiger partial charge in [0.25, 0.3) is 0 Å². The molecule has 3 aromatic rings. The predicted molar refractivity (Wildman–Crippen MR) is 166 cm³/mol. The molecule has 0 aromatic heterocycles. The highest BCUT2D eigenvalue weighted by atomic mass is 35.5. The van der Waals surface area contributed by atoms with Crippen LogP contribution in [0.5, 0.6) is 0 Å². The Labute approximate surface area is 241 Å². The lowest BCUT2D eigenvalue weighted by Crippen LogP contribution is -2.45. The largest absolute Gasteiger partial charge is 0.322 e. The first-order valence-corrected chi connectivity index (χ1v) is 15.2. The molecule has 4 rings (SSSR count). The molecular weight excluding hydrogens is 500 g/mol. The maximum atomic E-state index is 14.0. The molecule has 2 amide bonds. The zero-order valence-electron chi connectivity index (χ0n) is 24.1. The van der Waals surface area contributed by atoms with Crippen molar-refractivity contribution in [3.05, 3.63) is 100 Å². The van der Waals surface area contributed by atoms with Gasteiger partial charge in [0.2, 0.25) is 0 Å². The Bertz CT molecular complexity index is 1170. The molecule has 1 fully saturated rings. The number of hydrogen-bond donors (Lipinski definition) is 1. The van der Waals surface area contributed by atoms with Crippen molar-refractivity contribution in [2.75, 3.05) is 11.9 Å². The number of anilines is 1. The van der Waals surface area contributed by atoms with Crippen LogP contribution in [-0.4, -0.2) is 23.5 Å². The Balaban J connectivity index is 1.49. The molecule has 1 aliphatic carbocycles. The number of nitrogens with one attached hydrogen (secondary N) is 1. The van der Waals surface area contributed by atoms with Crippen molar-refractivity contribution in [3.8, 4) is 0 Å². The number of carbonyl (C=O) groups is 1. The van der Waals surface area contributed by atoms with Crippen molar-refractivity contribution in [1.82, 2.24) is 4.90 Å². The number of rotatable bonds is 10. The normalized spacial score (nSPS) is 17.4. The van der Waals surface area contributed by atoms with E-state index in [0.29, 0.717) is 17.8 Å². The number of para-hydroxylation sites is 1. The number of halogens is 1. The molecule has 0 bridgehead atoms. The molecule has 4 heteroatoms. The summed E-state index contributed by atoms with van der Waals surface area (Å²) in [6.07, 6.45) is 7.23. The molecule has 0 aliphatic heterocycles. The van der Waals surface area contributed by atoms with Gasteiger partial charge in [0, 0.05) is 23.3 Å². The van der Waals surface area contributed by atoms with Crippen LogP contribution in [0.25, 0.3) is 0 Å². The van der Waals surface area contributed by atoms with Crippen LogP contribution in [0, 0.1) is 0 Å². The summed E-state index contributed by atoms with van der Waals surface area (Å²) in [6.45, 7) is 9.57. The van der Waals surface area contributed by atoms with Gasteiger partial charge in [0.1, 0.15) is 0 Å². The Morgan fingerprint density at radius 2 is 1.44 bits per heavy atom. The van der Waals surface area contributed by atoms with Crippen molar-refractivity contribution < 1.29 is 4.79 Å². The second-order valence-corrected chi connectivity index (χ2v) is 12.1. The number of hydrogen-bond acceptors (Lipinski definition) is 1. The molecule has 1 saturated carbocycles. The number of aryl methyl sites for hydroxylation is 1. The average molecular weight is 545 g/mol. The molecule has 0 spiro atoms. The van der Waals surface area contributed by atoms with Gasteiger partial charge < -0.3 is 10.2 Å². The molecule has 39 heavy (non-hydrogen) atoms. The summed E-state index contributed by atoms with van der Waals surface area (Å²) in [7, 11) is 0. The Morgan fingerprint density at radius 3 is 2.05 bits per heavy atom. The van der Waals surface area contributed by atoms with Crippen LogP contribution in [0.2, 0.25) is 5.02 Å². The van der Waals surface area contributed by atoms with Crippen LogP contribution in [-0.2, 0) is 6.42 Å². The lowest BCUT2D eigenvalue weighted by molar-refractivity contribution is 0.161. The van der Waals surface area contributed by atoms with E-state index in [0.717, 1.165) is 62.2 Å². The van der Waals surface area contributed by atoms with Crippen molar-refractivity contribution in [2.24, 2.45) is 0 Å². The standard InChI is InChI=1S/C35H45ClN2O/c1-25(2)31-17-12-18-32(26(3)4)34(31)37-35(39)38(24-11-10-16-29-15-8-9-19-33(29)36)30-22-20-28(21-23-30)27-13-6-5-7-14-27/h5-9,12-15,17-19,25-26,28,30H,10-11,16,20-24H2,1-4H3,(H,37,39). The molecule has 3 aromatic carbocycles. The summed E-state index contributed by atoms with van der Waals surface area (Å²) in [4.78, 5) is 16.2. The van der Waals surface area contributed by atoms with E-state index in [-0.39, 0.29) is 12.1 Å². The first-order valence-electron chi connectivity index (χ1n) is 14.8. The lowest BCUT2D eigenvalue weighted by Gasteiger charge is -2.37. The minimum atomic E-state index is 0.0471. The van der Waals surface area contributed by atoms with Crippen LogP contribution < -0.4 is 5.32 Å². The number of unbranched alkanes of at least 4 members (excludes halogenated alkanes) is 1. The highest BCUT2D eigenvalue weighted by Crippen LogP contribution is 2.36. The van der Waals surface area contributed by atoms with Gasteiger partial charge >= 0.3 is 6.03 Å². The number of nitrogens with zero attached hydrogens (tertiary/aromatic N) is 1. The average Bonchev–Trinajstić information content (AvgIpc) is 2.94. The second-order valence-electron chi connectivity index (χ2n) is 11.7. The van der Waals surface area contributed by atoms with Crippen LogP contribution >= 0.6 is 11.6 Å². The fraction of sp³-hybridized carbons (Fsp3) is 0.457. The molecule has 1 aliphatic rings. The van der Waals surface area contributed by atoms with Crippen molar-refractivity contribution in [3.63, 3.8) is 0 Å². The Kier molecular flexibility index (Phi) is 10.5. The fourth-order valence-electron chi connectivity index (χ4n) is 6.07. The zero-order valence-corrected chi connectivity index (χ0v) is 24.9. The number of benzene rings is 3. The van der Waals surface area contributed by atoms with Gasteiger partial charge in [-0.25, -0.2) is 4.79 Å². The van der Waals surface area contributed by atoms with Gasteiger partial charge in [-0.2, -0.15) is 0 Å². The third-order valence-electron chi connectivity index (χ3n) is 8.33. The van der Waals surface area contributed by atoms with Gasteiger partial charge in [-0.05, 0) is 91.0 Å². The maximum Gasteiger partial charge on any atom is 0.322 e. The van der Waals surface area contributed by atoms with Gasteiger partial charge in [0.05, 0.1) is 0 Å². The van der Waals surface area contributed by atoms with Crippen molar-refractivity contribution in [1.29, 1.82) is 0 Å². The van der Waals surface area contributed by atoms with E-state index in [4.69, 9.17) is 11.6 Å². The SMILES string of the molecule is CC(C)c1cccc(C(C)C)c1NC(=O)N(CCCCc1ccccc1Cl)C1CCC(c2ccccc2)CC1. The molecular formula is C35H45ClN2O. The summed E-state index contributed by atoms with van der Waals surface area (Å²) in [5.41, 5.74) is 6.04. The summed E-state index contributed by atoms with van der Waals surface area (Å²) in [5.74, 6) is 1.26. The molecule has 0 saturated heterocycles. The van der Waals surface area contributed by atoms with Gasteiger partial charge in [-0.3, -0.25) is 0 Å². The summed E-state index contributed by atoms with van der Waals surface area (Å²) in [5, 5.41) is 4.25. The Hall–Kier alpha value is -2.78. The number of carbonyl (C=O) groups excluding carboxylic acids is 1. The maximum absolute atomic E-state index is 14.0. The minimum Gasteiger partial charge on any atom is -0.322 e. The first-order chi connectivity index (χ1) is 18.8. The quantitative estimate of drug-likeness (QED) is 0.253. The van der Waals surface area contributed by atoms with E-state index < -0.39 is 0 Å². The molecule has 1 N–H and O–H groups in total. The van der Waals surface area contributed by atoms with Gasteiger partial charge in [0.15, 0.2) is 0 Å². The molecule has 0 heterocycles. The van der Waals surface area contributed by atoms with Gasteiger partial charge in [-0.15, -0.1) is 0 Å². The van der Waals surface area contributed by atoms with Crippen molar-refractivity contribution >= 4 is 23.3 Å². The first kappa shape index (κ1) is 29.2. The Morgan fingerprint density at radius 1 is 0.821 bits per heavy atom. The summed E-state index contributed by atoms with van der Waals surface area (Å²) in [6, 6.07) is 25.7. The molecule has 0 radical (unpaired) electrons. The third kappa shape index (κ3) is 7.66. The summed E-state index contributed by atoms with van der Waals surface area (Å²) < 4.78 is 0. The van der Waals surface area contributed by atoms with Crippen LogP contribution in [0.4, 0.5) is 10.5 Å². The van der Waals surface area contributed by atoms with E-state index in [1.807, 2.05) is 18.2 Å². The fourth-order valence-corrected chi connectivity index (χ4v) is 6.30. The van der Waals surface area contributed by atoms with E-state index in [9.17, 15) is 4.79 Å². The highest BCUT2D eigenvalue weighted by Gasteiger charge is 2.30. The minimum absolute atomic E-state index is 0.0471. The topological polar surface area (TPSA) is 32.3 Å². The monoisotopic (exact) mass is 544 g/mol. The lowest BCUT2D eigenvalue weighted by atomic mass is 9.81. The van der Waals surface area contributed by atoms with Gasteiger partial charge in [-0.1, -0.05) is 106 Å². The van der Waals surface area contributed by atoms with E-state index in [2.05, 4.69) is 92.5 Å². The van der Waals surface area contributed by atoms with Crippen LogP contribution in [0.3, 0.4) is 0 Å². The predicted octanol–water partition coefficient (Wildman–Crippen LogP) is 10.2. The highest BCUT2D eigenvalue weighted by molar-refractivity contribution is 6.31. The molecule has 0 atom stereocenters. The third-order valence-corrected chi connectivity index (χ3v) is 8.70. The molecule has 3 nitrogen and oxygen atoms in total. The smallest absolute Gasteiger partial charge is 0.322 e. The zero-order chi connectivity index (χ0) is 27.8. The molecule has 208 valence electrons. The molecule has 0 unspecified atom stereocenters.